The number of nitrogens with zero attached hydrogens (tertiary/aromatic N) is 2. The Bertz CT molecular complexity index is 491. The van der Waals surface area contributed by atoms with Gasteiger partial charge in [-0.25, -0.2) is 0 Å². The summed E-state index contributed by atoms with van der Waals surface area (Å²) in [6.45, 7) is 0. The van der Waals surface area contributed by atoms with Gasteiger partial charge in [0.05, 0.1) is 11.0 Å². The molecule has 1 aromatic carbocycles. The van der Waals surface area contributed by atoms with E-state index in [9.17, 15) is 4.79 Å². The third-order valence-corrected chi connectivity index (χ3v) is 1.86. The molecule has 0 spiro atoms. The molecule has 3 nitrogen and oxygen atoms in total. The van der Waals surface area contributed by atoms with Crippen molar-refractivity contribution >= 4 is 23.4 Å². The van der Waals surface area contributed by atoms with Gasteiger partial charge in [0.15, 0.2) is 0 Å². The Morgan fingerprint density at radius 3 is 2.64 bits per heavy atom. The summed E-state index contributed by atoms with van der Waals surface area (Å²) >= 11 is 0. The first-order chi connectivity index (χ1) is 6.90. The fourth-order valence-electron chi connectivity index (χ4n) is 1.23. The van der Waals surface area contributed by atoms with E-state index >= 15 is 0 Å². The summed E-state index contributed by atoms with van der Waals surface area (Å²) in [6, 6.07) is 5.67. The van der Waals surface area contributed by atoms with Crippen LogP contribution in [0.2, 0.25) is 0 Å². The van der Waals surface area contributed by atoms with E-state index in [1.807, 2.05) is 18.2 Å². The topological polar surface area (TPSA) is 42.9 Å². The maximum absolute atomic E-state index is 10.1. The second-order valence-electron chi connectivity index (χ2n) is 2.80. The molecule has 14 heavy (non-hydrogen) atoms. The van der Waals surface area contributed by atoms with Crippen LogP contribution in [0.3, 0.4) is 0 Å². The van der Waals surface area contributed by atoms with Gasteiger partial charge in [0.1, 0.15) is 6.29 Å². The van der Waals surface area contributed by atoms with E-state index in [2.05, 4.69) is 9.97 Å². The lowest BCUT2D eigenvalue weighted by Crippen LogP contribution is -1.82. The number of aromatic nitrogens is 2. The van der Waals surface area contributed by atoms with Crippen LogP contribution in [0.5, 0.6) is 0 Å². The lowest BCUT2D eigenvalue weighted by Gasteiger charge is -1.96. The molecule has 3 heteroatoms. The van der Waals surface area contributed by atoms with Gasteiger partial charge in [0.25, 0.3) is 0 Å². The first kappa shape index (κ1) is 8.56. The van der Waals surface area contributed by atoms with Crippen LogP contribution >= 0.6 is 0 Å². The molecule has 0 aliphatic heterocycles. The molecule has 0 aliphatic rings. The Hall–Kier alpha value is -2.03. The van der Waals surface area contributed by atoms with Gasteiger partial charge in [-0.1, -0.05) is 12.1 Å². The lowest BCUT2D eigenvalue weighted by molar-refractivity contribution is -0.104. The molecule has 0 atom stereocenters. The van der Waals surface area contributed by atoms with Crippen molar-refractivity contribution < 1.29 is 4.79 Å². The summed E-state index contributed by atoms with van der Waals surface area (Å²) in [5.41, 5.74) is 2.64. The quantitative estimate of drug-likeness (QED) is 0.528. The molecule has 0 fully saturated rings. The largest absolute Gasteiger partial charge is 0.299 e. The summed E-state index contributed by atoms with van der Waals surface area (Å²) < 4.78 is 0. The zero-order valence-corrected chi connectivity index (χ0v) is 7.42. The average molecular weight is 184 g/mol. The van der Waals surface area contributed by atoms with Gasteiger partial charge in [-0.15, -0.1) is 0 Å². The van der Waals surface area contributed by atoms with E-state index in [4.69, 9.17) is 0 Å². The lowest BCUT2D eigenvalue weighted by atomic mass is 10.2. The van der Waals surface area contributed by atoms with Crippen LogP contribution in [0, 0.1) is 0 Å². The Balaban J connectivity index is 2.51. The normalized spacial score (nSPS) is 10.9. The van der Waals surface area contributed by atoms with Gasteiger partial charge in [0, 0.05) is 12.4 Å². The number of hydrogen-bond donors (Lipinski definition) is 0. The number of hydrogen-bond acceptors (Lipinski definition) is 3. The third kappa shape index (κ3) is 1.66. The monoisotopic (exact) mass is 184 g/mol. The number of aldehydes is 1. The van der Waals surface area contributed by atoms with Crippen molar-refractivity contribution in [2.24, 2.45) is 0 Å². The van der Waals surface area contributed by atoms with Crippen LogP contribution in [0.4, 0.5) is 0 Å². The van der Waals surface area contributed by atoms with E-state index in [1.54, 1.807) is 18.5 Å². The molecule has 0 aliphatic carbocycles. The van der Waals surface area contributed by atoms with E-state index in [0.29, 0.717) is 0 Å². The second-order valence-corrected chi connectivity index (χ2v) is 2.80. The molecule has 0 unspecified atom stereocenters. The number of fused-ring (bicyclic) bond motifs is 1. The highest BCUT2D eigenvalue weighted by atomic mass is 16.1. The Labute approximate surface area is 81.1 Å². The molecule has 0 N–H and O–H groups in total. The first-order valence-electron chi connectivity index (χ1n) is 4.23. The number of carbonyl (C=O) groups excluding carboxylic acids is 1. The molecule has 0 radical (unpaired) electrons. The molecule has 68 valence electrons. The van der Waals surface area contributed by atoms with Crippen LogP contribution in [-0.2, 0) is 4.79 Å². The molecular weight excluding hydrogens is 176 g/mol. The molecule has 0 saturated carbocycles. The summed E-state index contributed by atoms with van der Waals surface area (Å²) in [4.78, 5) is 18.4. The molecule has 0 amide bonds. The van der Waals surface area contributed by atoms with Gasteiger partial charge < -0.3 is 0 Å². The van der Waals surface area contributed by atoms with Crippen LogP contribution in [-0.4, -0.2) is 16.3 Å². The van der Waals surface area contributed by atoms with E-state index < -0.39 is 0 Å². The van der Waals surface area contributed by atoms with Gasteiger partial charge >= 0.3 is 0 Å². The number of rotatable bonds is 2. The minimum atomic E-state index is 0.751. The summed E-state index contributed by atoms with van der Waals surface area (Å²) in [5, 5.41) is 0. The van der Waals surface area contributed by atoms with Gasteiger partial charge in [0.2, 0.25) is 0 Å². The van der Waals surface area contributed by atoms with E-state index in [0.717, 1.165) is 22.9 Å². The molecule has 1 aromatic heterocycles. The SMILES string of the molecule is O=C/C=C/c1ccc2nccnc2c1. The van der Waals surface area contributed by atoms with Crippen molar-refractivity contribution in [3.63, 3.8) is 0 Å². The molecular formula is C11H8N2O. The first-order valence-corrected chi connectivity index (χ1v) is 4.23. The number of carbonyl (C=O) groups is 1. The maximum Gasteiger partial charge on any atom is 0.142 e. The van der Waals surface area contributed by atoms with Crippen LogP contribution in [0.25, 0.3) is 17.1 Å². The van der Waals surface area contributed by atoms with E-state index in [-0.39, 0.29) is 0 Å². The van der Waals surface area contributed by atoms with Crippen molar-refractivity contribution in [1.82, 2.24) is 9.97 Å². The van der Waals surface area contributed by atoms with Gasteiger partial charge in [-0.05, 0) is 23.8 Å². The van der Waals surface area contributed by atoms with Gasteiger partial charge in [-0.3, -0.25) is 14.8 Å². The maximum atomic E-state index is 10.1. The molecule has 2 aromatic rings. The van der Waals surface area contributed by atoms with Crippen molar-refractivity contribution in [2.75, 3.05) is 0 Å². The van der Waals surface area contributed by atoms with Crippen molar-refractivity contribution in [2.45, 2.75) is 0 Å². The van der Waals surface area contributed by atoms with Crippen LogP contribution < -0.4 is 0 Å². The van der Waals surface area contributed by atoms with Crippen LogP contribution in [0.1, 0.15) is 5.56 Å². The minimum Gasteiger partial charge on any atom is -0.299 e. The fraction of sp³-hybridized carbons (Fsp3) is 0. The predicted molar refractivity (Wildman–Crippen MR) is 54.6 cm³/mol. The van der Waals surface area contributed by atoms with Gasteiger partial charge in [-0.2, -0.15) is 0 Å². The highest BCUT2D eigenvalue weighted by molar-refractivity contribution is 5.80. The smallest absolute Gasteiger partial charge is 0.142 e. The number of benzene rings is 1. The standard InChI is InChI=1S/C11H8N2O/c14-7-1-2-9-3-4-10-11(8-9)13-6-5-12-10/h1-8H/b2-1+. The molecule has 0 bridgehead atoms. The second kappa shape index (κ2) is 3.79. The summed E-state index contributed by atoms with van der Waals surface area (Å²) in [6.07, 6.45) is 7.25. The number of allylic oxidation sites excluding steroid dienone is 1. The third-order valence-electron chi connectivity index (χ3n) is 1.86. The summed E-state index contributed by atoms with van der Waals surface area (Å²) in [7, 11) is 0. The Kier molecular flexibility index (Phi) is 2.32. The molecule has 2 rings (SSSR count). The van der Waals surface area contributed by atoms with Crippen molar-refractivity contribution in [1.29, 1.82) is 0 Å². The minimum absolute atomic E-state index is 0.751. The van der Waals surface area contributed by atoms with Crippen LogP contribution in [0.15, 0.2) is 36.7 Å². The molecule has 0 saturated heterocycles. The highest BCUT2D eigenvalue weighted by Crippen LogP contribution is 2.11. The van der Waals surface area contributed by atoms with E-state index in [1.165, 1.54) is 6.08 Å². The zero-order valence-electron chi connectivity index (χ0n) is 7.42. The van der Waals surface area contributed by atoms with Crippen molar-refractivity contribution in [3.05, 3.63) is 42.2 Å². The van der Waals surface area contributed by atoms with Crippen molar-refractivity contribution in [3.8, 4) is 0 Å². The zero-order chi connectivity index (χ0) is 9.80. The predicted octanol–water partition coefficient (Wildman–Crippen LogP) is 1.84. The Morgan fingerprint density at radius 1 is 1.07 bits per heavy atom. The summed E-state index contributed by atoms with van der Waals surface area (Å²) in [5.74, 6) is 0. The average Bonchev–Trinajstić information content (AvgIpc) is 2.26. The fourth-order valence-corrected chi connectivity index (χ4v) is 1.23. The molecule has 1 heterocycles. The Morgan fingerprint density at radius 2 is 1.86 bits per heavy atom. The highest BCUT2D eigenvalue weighted by Gasteiger charge is 1.94.